The first-order chi connectivity index (χ1) is 9.70. The average Bonchev–Trinajstić information content (AvgIpc) is 2.86. The summed E-state index contributed by atoms with van der Waals surface area (Å²) in [4.78, 5) is 6.40. The van der Waals surface area contributed by atoms with Gasteiger partial charge in [-0.2, -0.15) is 0 Å². The maximum absolute atomic E-state index is 5.61. The number of nitrogens with one attached hydrogen (secondary N) is 1. The van der Waals surface area contributed by atoms with Gasteiger partial charge in [0.15, 0.2) is 5.96 Å². The summed E-state index contributed by atoms with van der Waals surface area (Å²) in [6.45, 7) is 3.53. The molecule has 1 unspecified atom stereocenters. The van der Waals surface area contributed by atoms with E-state index in [1.54, 1.807) is 7.05 Å². The molecule has 20 heavy (non-hydrogen) atoms. The zero-order valence-corrected chi connectivity index (χ0v) is 12.5. The summed E-state index contributed by atoms with van der Waals surface area (Å²) in [6.07, 6.45) is 2.15. The minimum absolute atomic E-state index is 0.101. The Bertz CT molecular complexity index is 438. The van der Waals surface area contributed by atoms with Gasteiger partial charge in [-0.3, -0.25) is 4.99 Å². The van der Waals surface area contributed by atoms with Crippen LogP contribution in [0, 0.1) is 0 Å². The normalized spacial score (nSPS) is 19.9. The Labute approximate surface area is 120 Å². The van der Waals surface area contributed by atoms with Crippen molar-refractivity contribution in [3.63, 3.8) is 0 Å². The molecule has 6 nitrogen and oxygen atoms in total. The molecule has 0 saturated carbocycles. The molecule has 1 atom stereocenters. The molecule has 0 aliphatic carbocycles. The van der Waals surface area contributed by atoms with Crippen LogP contribution in [-0.4, -0.2) is 62.0 Å². The Morgan fingerprint density at radius 1 is 1.55 bits per heavy atom. The summed E-state index contributed by atoms with van der Waals surface area (Å²) in [5.74, 6) is 0.861. The number of rotatable bonds is 4. The van der Waals surface area contributed by atoms with Crippen LogP contribution >= 0.6 is 0 Å². The predicted octanol–water partition coefficient (Wildman–Crippen LogP) is 0.448. The fourth-order valence-corrected chi connectivity index (χ4v) is 2.22. The number of aryl methyl sites for hydroxylation is 1. The monoisotopic (exact) mass is 280 g/mol. The van der Waals surface area contributed by atoms with Crippen molar-refractivity contribution in [2.45, 2.75) is 12.6 Å². The highest BCUT2D eigenvalue weighted by atomic mass is 16.6. The van der Waals surface area contributed by atoms with Gasteiger partial charge < -0.3 is 24.3 Å². The minimum atomic E-state index is 0.101. The molecule has 1 saturated heterocycles. The highest BCUT2D eigenvalue weighted by Crippen LogP contribution is 2.04. The summed E-state index contributed by atoms with van der Waals surface area (Å²) >= 11 is 0. The van der Waals surface area contributed by atoms with Crippen molar-refractivity contribution in [3.05, 3.63) is 24.0 Å². The van der Waals surface area contributed by atoms with E-state index in [0.717, 1.165) is 12.5 Å². The van der Waals surface area contributed by atoms with Gasteiger partial charge >= 0.3 is 0 Å². The second-order valence-electron chi connectivity index (χ2n) is 4.96. The molecule has 0 radical (unpaired) electrons. The zero-order chi connectivity index (χ0) is 14.4. The largest absolute Gasteiger partial charge is 0.376 e. The van der Waals surface area contributed by atoms with Crippen LogP contribution in [0.15, 0.2) is 23.3 Å². The SMILES string of the molecule is CN=C(NCC1COCCO1)N(C)Cc1cccn1C. The van der Waals surface area contributed by atoms with Gasteiger partial charge in [-0.25, -0.2) is 0 Å². The van der Waals surface area contributed by atoms with Crippen LogP contribution in [0.25, 0.3) is 0 Å². The molecule has 0 spiro atoms. The lowest BCUT2D eigenvalue weighted by atomic mass is 10.3. The number of guanidine groups is 1. The Hall–Kier alpha value is -1.53. The van der Waals surface area contributed by atoms with Gasteiger partial charge in [0.2, 0.25) is 0 Å². The molecule has 1 N–H and O–H groups in total. The minimum Gasteiger partial charge on any atom is -0.376 e. The standard InChI is InChI=1S/C14H24N4O2/c1-15-14(16-9-13-11-19-7-8-20-13)18(3)10-12-5-4-6-17(12)2/h4-6,13H,7-11H2,1-3H3,(H,15,16). The molecule has 0 aromatic carbocycles. The summed E-state index contributed by atoms with van der Waals surface area (Å²) < 4.78 is 13.1. The molecule has 1 fully saturated rings. The first-order valence-corrected chi connectivity index (χ1v) is 6.92. The molecular weight excluding hydrogens is 256 g/mol. The summed E-state index contributed by atoms with van der Waals surface area (Å²) in [7, 11) is 5.87. The third-order valence-electron chi connectivity index (χ3n) is 3.40. The lowest BCUT2D eigenvalue weighted by Crippen LogP contribution is -2.45. The number of hydrogen-bond donors (Lipinski definition) is 1. The van der Waals surface area contributed by atoms with Gasteiger partial charge in [0.25, 0.3) is 0 Å². The zero-order valence-electron chi connectivity index (χ0n) is 12.5. The van der Waals surface area contributed by atoms with Crippen molar-refractivity contribution in [1.82, 2.24) is 14.8 Å². The highest BCUT2D eigenvalue weighted by molar-refractivity contribution is 5.79. The van der Waals surface area contributed by atoms with E-state index >= 15 is 0 Å². The summed E-state index contributed by atoms with van der Waals surface area (Å²) in [5.41, 5.74) is 1.24. The molecule has 1 aliphatic heterocycles. The van der Waals surface area contributed by atoms with Crippen molar-refractivity contribution in [2.75, 3.05) is 40.5 Å². The Morgan fingerprint density at radius 2 is 2.40 bits per heavy atom. The van der Waals surface area contributed by atoms with Gasteiger partial charge in [-0.15, -0.1) is 0 Å². The fraction of sp³-hybridized carbons (Fsp3) is 0.643. The van der Waals surface area contributed by atoms with Crippen molar-refractivity contribution in [3.8, 4) is 0 Å². The summed E-state index contributed by atoms with van der Waals surface area (Å²) in [5, 5.41) is 3.33. The first-order valence-electron chi connectivity index (χ1n) is 6.92. The molecule has 2 rings (SSSR count). The van der Waals surface area contributed by atoms with E-state index in [0.29, 0.717) is 26.4 Å². The lowest BCUT2D eigenvalue weighted by molar-refractivity contribution is -0.0851. The van der Waals surface area contributed by atoms with Crippen molar-refractivity contribution >= 4 is 5.96 Å². The number of aromatic nitrogens is 1. The molecule has 6 heteroatoms. The molecule has 1 aliphatic rings. The van der Waals surface area contributed by atoms with Gasteiger partial charge in [-0.05, 0) is 12.1 Å². The van der Waals surface area contributed by atoms with Crippen LogP contribution in [0.5, 0.6) is 0 Å². The Balaban J connectivity index is 1.83. The maximum Gasteiger partial charge on any atom is 0.193 e. The average molecular weight is 280 g/mol. The van der Waals surface area contributed by atoms with E-state index in [2.05, 4.69) is 25.8 Å². The van der Waals surface area contributed by atoms with Crippen molar-refractivity contribution in [2.24, 2.45) is 12.0 Å². The smallest absolute Gasteiger partial charge is 0.193 e. The molecule has 0 amide bonds. The van der Waals surface area contributed by atoms with Crippen LogP contribution in [-0.2, 0) is 23.1 Å². The first kappa shape index (κ1) is 14.9. The van der Waals surface area contributed by atoms with Crippen LogP contribution in [0.1, 0.15) is 5.69 Å². The van der Waals surface area contributed by atoms with E-state index in [9.17, 15) is 0 Å². The number of hydrogen-bond acceptors (Lipinski definition) is 3. The maximum atomic E-state index is 5.61. The van der Waals surface area contributed by atoms with Crippen LogP contribution in [0.3, 0.4) is 0 Å². The molecular formula is C14H24N4O2. The van der Waals surface area contributed by atoms with Crippen LogP contribution in [0.2, 0.25) is 0 Å². The quantitative estimate of drug-likeness (QED) is 0.642. The van der Waals surface area contributed by atoms with Gasteiger partial charge in [-0.1, -0.05) is 0 Å². The molecule has 112 valence electrons. The van der Waals surface area contributed by atoms with E-state index < -0.39 is 0 Å². The topological polar surface area (TPSA) is 51.0 Å². The molecule has 0 bridgehead atoms. The second-order valence-corrected chi connectivity index (χ2v) is 4.96. The van der Waals surface area contributed by atoms with Gasteiger partial charge in [0.05, 0.1) is 32.5 Å². The third-order valence-corrected chi connectivity index (χ3v) is 3.40. The predicted molar refractivity (Wildman–Crippen MR) is 78.8 cm³/mol. The van der Waals surface area contributed by atoms with Crippen molar-refractivity contribution in [1.29, 1.82) is 0 Å². The fourth-order valence-electron chi connectivity index (χ4n) is 2.22. The van der Waals surface area contributed by atoms with Crippen LogP contribution in [0.4, 0.5) is 0 Å². The molecule has 1 aromatic heterocycles. The van der Waals surface area contributed by atoms with Crippen LogP contribution < -0.4 is 5.32 Å². The number of aliphatic imine (C=N–C) groups is 1. The Morgan fingerprint density at radius 3 is 3.00 bits per heavy atom. The Kier molecular flexibility index (Phi) is 5.43. The van der Waals surface area contributed by atoms with Crippen molar-refractivity contribution < 1.29 is 9.47 Å². The molecule has 2 heterocycles. The highest BCUT2D eigenvalue weighted by Gasteiger charge is 2.16. The van der Waals surface area contributed by atoms with E-state index in [1.165, 1.54) is 5.69 Å². The third kappa shape index (κ3) is 3.98. The van der Waals surface area contributed by atoms with Gasteiger partial charge in [0, 0.05) is 39.6 Å². The second kappa shape index (κ2) is 7.31. The van der Waals surface area contributed by atoms with Gasteiger partial charge in [0.1, 0.15) is 0 Å². The summed E-state index contributed by atoms with van der Waals surface area (Å²) in [6, 6.07) is 4.16. The van der Waals surface area contributed by atoms with E-state index in [4.69, 9.17) is 9.47 Å². The number of nitrogens with zero attached hydrogens (tertiary/aromatic N) is 3. The van der Waals surface area contributed by atoms with E-state index in [-0.39, 0.29) is 6.10 Å². The van der Waals surface area contributed by atoms with E-state index in [1.807, 2.05) is 26.4 Å². The molecule has 1 aromatic rings. The lowest BCUT2D eigenvalue weighted by Gasteiger charge is -2.27. The number of ether oxygens (including phenoxy) is 2.